The van der Waals surface area contributed by atoms with Gasteiger partial charge in [-0.3, -0.25) is 0 Å². The van der Waals surface area contributed by atoms with Crippen molar-refractivity contribution in [3.63, 3.8) is 0 Å². The highest BCUT2D eigenvalue weighted by Crippen LogP contribution is 2.06. The van der Waals surface area contributed by atoms with E-state index in [1.807, 2.05) is 0 Å². The molecule has 0 saturated carbocycles. The van der Waals surface area contributed by atoms with Crippen LogP contribution in [0.5, 0.6) is 6.01 Å². The molecule has 0 unspecified atom stereocenters. The highest BCUT2D eigenvalue weighted by Gasteiger charge is 2.10. The van der Waals surface area contributed by atoms with Gasteiger partial charge in [0.25, 0.3) is 0 Å². The first-order valence-electron chi connectivity index (χ1n) is 3.85. The van der Waals surface area contributed by atoms with Crippen LogP contribution in [0.1, 0.15) is 23.1 Å². The molecular weight excluding hydrogens is 172 g/mol. The summed E-state index contributed by atoms with van der Waals surface area (Å²) in [7, 11) is 0. The maximum absolute atomic E-state index is 11.1. The van der Waals surface area contributed by atoms with Gasteiger partial charge in [0, 0.05) is 5.69 Å². The first-order chi connectivity index (χ1) is 6.13. The standard InChI is InChI=1S/C8H10N2O3/c1-3-13-7(11)6-4-5(2)9-8(12)10-6/h4H,3H2,1-2H3,(H,9,10,12). The fourth-order valence-electron chi connectivity index (χ4n) is 0.862. The van der Waals surface area contributed by atoms with E-state index in [2.05, 4.69) is 9.97 Å². The Bertz CT molecular complexity index is 305. The number of aromatic hydroxyl groups is 1. The lowest BCUT2D eigenvalue weighted by molar-refractivity contribution is 0.0518. The number of nitrogens with zero attached hydrogens (tertiary/aromatic N) is 2. The Morgan fingerprint density at radius 3 is 2.85 bits per heavy atom. The molecule has 0 bridgehead atoms. The van der Waals surface area contributed by atoms with Gasteiger partial charge >= 0.3 is 12.0 Å². The van der Waals surface area contributed by atoms with Crippen LogP contribution in [-0.2, 0) is 4.74 Å². The van der Waals surface area contributed by atoms with Crippen molar-refractivity contribution in [1.82, 2.24) is 9.97 Å². The Morgan fingerprint density at radius 1 is 1.62 bits per heavy atom. The van der Waals surface area contributed by atoms with E-state index in [0.717, 1.165) is 0 Å². The molecule has 1 aromatic rings. The third-order valence-electron chi connectivity index (χ3n) is 1.33. The van der Waals surface area contributed by atoms with Gasteiger partial charge in [-0.2, -0.15) is 4.98 Å². The van der Waals surface area contributed by atoms with E-state index in [1.54, 1.807) is 13.8 Å². The summed E-state index contributed by atoms with van der Waals surface area (Å²) in [5, 5.41) is 8.98. The quantitative estimate of drug-likeness (QED) is 0.680. The van der Waals surface area contributed by atoms with Gasteiger partial charge in [0.05, 0.1) is 6.61 Å². The van der Waals surface area contributed by atoms with E-state index >= 15 is 0 Å². The van der Waals surface area contributed by atoms with Crippen molar-refractivity contribution in [1.29, 1.82) is 0 Å². The molecule has 0 radical (unpaired) electrons. The predicted octanol–water partition coefficient (Wildman–Crippen LogP) is 0.667. The minimum atomic E-state index is -0.552. The second-order valence-electron chi connectivity index (χ2n) is 2.42. The second kappa shape index (κ2) is 3.84. The summed E-state index contributed by atoms with van der Waals surface area (Å²) >= 11 is 0. The SMILES string of the molecule is CCOC(=O)c1cc(C)nc(O)n1. The molecule has 1 rings (SSSR count). The third-order valence-corrected chi connectivity index (χ3v) is 1.33. The van der Waals surface area contributed by atoms with Gasteiger partial charge in [0.1, 0.15) is 0 Å². The van der Waals surface area contributed by atoms with Crippen molar-refractivity contribution in [2.24, 2.45) is 0 Å². The molecule has 1 aromatic heterocycles. The number of hydrogen-bond donors (Lipinski definition) is 1. The smallest absolute Gasteiger partial charge is 0.357 e. The van der Waals surface area contributed by atoms with E-state index < -0.39 is 12.0 Å². The molecule has 0 aromatic carbocycles. The van der Waals surface area contributed by atoms with Gasteiger partial charge in [0.2, 0.25) is 0 Å². The number of hydrogen-bond acceptors (Lipinski definition) is 5. The van der Waals surface area contributed by atoms with Crippen LogP contribution in [0.25, 0.3) is 0 Å². The number of rotatable bonds is 2. The molecule has 0 saturated heterocycles. The monoisotopic (exact) mass is 182 g/mol. The minimum Gasteiger partial charge on any atom is -0.479 e. The molecule has 1 N–H and O–H groups in total. The lowest BCUT2D eigenvalue weighted by atomic mass is 10.3. The number of ether oxygens (including phenoxy) is 1. The van der Waals surface area contributed by atoms with Crippen LogP contribution in [0.3, 0.4) is 0 Å². The molecule has 0 aliphatic heterocycles. The summed E-state index contributed by atoms with van der Waals surface area (Å²) in [5.74, 6) is -0.552. The second-order valence-corrected chi connectivity index (χ2v) is 2.42. The molecule has 13 heavy (non-hydrogen) atoms. The van der Waals surface area contributed by atoms with Crippen LogP contribution >= 0.6 is 0 Å². The van der Waals surface area contributed by atoms with Crippen molar-refractivity contribution >= 4 is 5.97 Å². The third kappa shape index (κ3) is 2.40. The number of esters is 1. The lowest BCUT2D eigenvalue weighted by Crippen LogP contribution is -2.07. The number of aryl methyl sites for hydroxylation is 1. The van der Waals surface area contributed by atoms with Crippen LogP contribution in [0, 0.1) is 6.92 Å². The minimum absolute atomic E-state index is 0.0758. The van der Waals surface area contributed by atoms with Crippen molar-refractivity contribution in [2.45, 2.75) is 13.8 Å². The summed E-state index contributed by atoms with van der Waals surface area (Å²) in [6.45, 7) is 3.64. The van der Waals surface area contributed by atoms with Crippen molar-refractivity contribution < 1.29 is 14.6 Å². The molecular formula is C8H10N2O3. The highest BCUT2D eigenvalue weighted by atomic mass is 16.5. The predicted molar refractivity (Wildman–Crippen MR) is 44.4 cm³/mol. The normalized spacial score (nSPS) is 9.69. The zero-order valence-corrected chi connectivity index (χ0v) is 7.44. The van der Waals surface area contributed by atoms with Crippen LogP contribution in [0.2, 0.25) is 0 Å². The summed E-state index contributed by atoms with van der Waals surface area (Å²) in [4.78, 5) is 18.3. The lowest BCUT2D eigenvalue weighted by Gasteiger charge is -2.01. The molecule has 5 nitrogen and oxygen atoms in total. The van der Waals surface area contributed by atoms with Gasteiger partial charge in [-0.1, -0.05) is 0 Å². The van der Waals surface area contributed by atoms with Crippen molar-refractivity contribution in [2.75, 3.05) is 6.61 Å². The Balaban J connectivity index is 2.94. The maximum Gasteiger partial charge on any atom is 0.357 e. The average molecular weight is 182 g/mol. The summed E-state index contributed by atoms with van der Waals surface area (Å²) in [6.07, 6.45) is 0. The molecule has 0 spiro atoms. The first-order valence-corrected chi connectivity index (χ1v) is 3.85. The Labute approximate surface area is 75.4 Å². The van der Waals surface area contributed by atoms with Crippen LogP contribution in [-0.4, -0.2) is 27.7 Å². The van der Waals surface area contributed by atoms with Gasteiger partial charge in [-0.15, -0.1) is 0 Å². The molecule has 0 fully saturated rings. The van der Waals surface area contributed by atoms with Gasteiger partial charge in [-0.05, 0) is 19.9 Å². The molecule has 5 heteroatoms. The molecule has 0 aliphatic carbocycles. The molecule has 70 valence electrons. The number of carbonyl (C=O) groups excluding carboxylic acids is 1. The van der Waals surface area contributed by atoms with Crippen LogP contribution in [0.15, 0.2) is 6.07 Å². The molecule has 0 atom stereocenters. The summed E-state index contributed by atoms with van der Waals surface area (Å²) in [5.41, 5.74) is 0.599. The summed E-state index contributed by atoms with van der Waals surface area (Å²) < 4.78 is 4.70. The fraction of sp³-hybridized carbons (Fsp3) is 0.375. The molecule has 0 aliphatic rings. The maximum atomic E-state index is 11.1. The summed E-state index contributed by atoms with van der Waals surface area (Å²) in [6, 6.07) is 1.04. The topological polar surface area (TPSA) is 72.3 Å². The van der Waals surface area contributed by atoms with E-state index in [-0.39, 0.29) is 12.3 Å². The number of carbonyl (C=O) groups is 1. The van der Waals surface area contributed by atoms with Crippen LogP contribution in [0.4, 0.5) is 0 Å². The fourth-order valence-corrected chi connectivity index (χ4v) is 0.862. The molecule has 1 heterocycles. The van der Waals surface area contributed by atoms with Crippen molar-refractivity contribution in [3.8, 4) is 6.01 Å². The van der Waals surface area contributed by atoms with E-state index in [4.69, 9.17) is 9.84 Å². The Kier molecular flexibility index (Phi) is 2.79. The van der Waals surface area contributed by atoms with E-state index in [1.165, 1.54) is 6.07 Å². The number of aromatic nitrogens is 2. The zero-order valence-electron chi connectivity index (χ0n) is 7.44. The Morgan fingerprint density at radius 2 is 2.31 bits per heavy atom. The highest BCUT2D eigenvalue weighted by molar-refractivity contribution is 5.87. The first kappa shape index (κ1) is 9.44. The molecule has 0 amide bonds. The zero-order chi connectivity index (χ0) is 9.84. The van der Waals surface area contributed by atoms with E-state index in [9.17, 15) is 4.79 Å². The van der Waals surface area contributed by atoms with Crippen molar-refractivity contribution in [3.05, 3.63) is 17.5 Å². The van der Waals surface area contributed by atoms with Gasteiger partial charge in [-0.25, -0.2) is 9.78 Å². The van der Waals surface area contributed by atoms with Crippen LogP contribution < -0.4 is 0 Å². The Hall–Kier alpha value is -1.65. The van der Waals surface area contributed by atoms with E-state index in [0.29, 0.717) is 5.69 Å². The van der Waals surface area contributed by atoms with Gasteiger partial charge in [0.15, 0.2) is 5.69 Å². The van der Waals surface area contributed by atoms with Gasteiger partial charge < -0.3 is 9.84 Å². The average Bonchev–Trinajstić information content (AvgIpc) is 2.03. The largest absolute Gasteiger partial charge is 0.479 e.